The molecule has 0 unspecified atom stereocenters. The molecule has 1 N–H and O–H groups in total. The van der Waals surface area contributed by atoms with Crippen molar-refractivity contribution in [1.82, 2.24) is 9.97 Å². The summed E-state index contributed by atoms with van der Waals surface area (Å²) in [7, 11) is 0. The standard InChI is InChI=1S/C13H7ClF3N3OS/c1-22-12-19-10(6(5-18)11(21)20-12)9-7(13(15,16)17)3-2-4-8(9)14/h2-4H,1H3,(H,19,20,21). The Kier molecular flexibility index (Phi) is 4.49. The molecular formula is C13H7ClF3N3OS. The van der Waals surface area contributed by atoms with Gasteiger partial charge < -0.3 is 4.98 Å². The molecule has 1 heterocycles. The van der Waals surface area contributed by atoms with Gasteiger partial charge in [0, 0.05) is 5.56 Å². The predicted octanol–water partition coefficient (Wildman–Crippen LogP) is 3.70. The zero-order valence-corrected chi connectivity index (χ0v) is 12.5. The van der Waals surface area contributed by atoms with Crippen LogP contribution in [0.25, 0.3) is 11.3 Å². The fourth-order valence-electron chi connectivity index (χ4n) is 1.83. The van der Waals surface area contributed by atoms with Gasteiger partial charge in [-0.3, -0.25) is 4.79 Å². The number of benzene rings is 1. The average molecular weight is 346 g/mol. The third kappa shape index (κ3) is 2.96. The van der Waals surface area contributed by atoms with Gasteiger partial charge in [0.25, 0.3) is 5.56 Å². The first kappa shape index (κ1) is 16.4. The van der Waals surface area contributed by atoms with E-state index < -0.39 is 28.4 Å². The Bertz CT molecular complexity index is 827. The Morgan fingerprint density at radius 3 is 2.64 bits per heavy atom. The van der Waals surface area contributed by atoms with E-state index in [0.29, 0.717) is 0 Å². The first-order valence-electron chi connectivity index (χ1n) is 5.74. The van der Waals surface area contributed by atoms with E-state index in [1.165, 1.54) is 6.07 Å². The molecular weight excluding hydrogens is 339 g/mol. The van der Waals surface area contributed by atoms with Crippen LogP contribution in [0.1, 0.15) is 11.1 Å². The highest BCUT2D eigenvalue weighted by molar-refractivity contribution is 7.98. The minimum Gasteiger partial charge on any atom is -0.300 e. The first-order valence-corrected chi connectivity index (χ1v) is 7.34. The van der Waals surface area contributed by atoms with Gasteiger partial charge in [0.15, 0.2) is 5.16 Å². The van der Waals surface area contributed by atoms with E-state index in [2.05, 4.69) is 9.97 Å². The molecule has 2 aromatic rings. The van der Waals surface area contributed by atoms with Crippen LogP contribution < -0.4 is 5.56 Å². The van der Waals surface area contributed by atoms with Crippen molar-refractivity contribution in [2.75, 3.05) is 6.26 Å². The van der Waals surface area contributed by atoms with Gasteiger partial charge in [0.2, 0.25) is 0 Å². The Labute approximate surface area is 131 Å². The van der Waals surface area contributed by atoms with E-state index in [-0.39, 0.29) is 15.9 Å². The summed E-state index contributed by atoms with van der Waals surface area (Å²) in [6.07, 6.45) is -3.11. The van der Waals surface area contributed by atoms with Crippen LogP contribution in [0, 0.1) is 11.3 Å². The number of nitriles is 1. The van der Waals surface area contributed by atoms with Crippen molar-refractivity contribution in [2.45, 2.75) is 11.3 Å². The Morgan fingerprint density at radius 2 is 2.09 bits per heavy atom. The van der Waals surface area contributed by atoms with E-state index >= 15 is 0 Å². The van der Waals surface area contributed by atoms with E-state index in [4.69, 9.17) is 16.9 Å². The van der Waals surface area contributed by atoms with E-state index in [1.54, 1.807) is 12.3 Å². The molecule has 114 valence electrons. The number of halogens is 4. The zero-order valence-electron chi connectivity index (χ0n) is 11.0. The monoisotopic (exact) mass is 345 g/mol. The van der Waals surface area contributed by atoms with Crippen molar-refractivity contribution in [2.24, 2.45) is 0 Å². The lowest BCUT2D eigenvalue weighted by molar-refractivity contribution is -0.137. The Balaban J connectivity index is 2.92. The number of thioether (sulfide) groups is 1. The fourth-order valence-corrected chi connectivity index (χ4v) is 2.48. The molecule has 0 saturated heterocycles. The van der Waals surface area contributed by atoms with Gasteiger partial charge in [-0.05, 0) is 18.4 Å². The SMILES string of the molecule is CSc1nc(-c2c(Cl)cccc2C(F)(F)F)c(C#N)c(=O)[nH]1. The third-order valence-corrected chi connectivity index (χ3v) is 3.65. The number of hydrogen-bond donors (Lipinski definition) is 1. The molecule has 1 aromatic heterocycles. The second-order valence-corrected chi connectivity index (χ2v) is 5.27. The molecule has 9 heteroatoms. The van der Waals surface area contributed by atoms with Crippen molar-refractivity contribution in [3.63, 3.8) is 0 Å². The second-order valence-electron chi connectivity index (χ2n) is 4.07. The minimum absolute atomic E-state index is 0.0899. The first-order chi connectivity index (χ1) is 10.3. The van der Waals surface area contributed by atoms with Gasteiger partial charge in [0.1, 0.15) is 11.6 Å². The third-order valence-electron chi connectivity index (χ3n) is 2.76. The number of rotatable bonds is 2. The van der Waals surface area contributed by atoms with Crippen LogP contribution in [0.15, 0.2) is 28.2 Å². The summed E-state index contributed by atoms with van der Waals surface area (Å²) in [4.78, 5) is 18.1. The molecule has 0 saturated carbocycles. The van der Waals surface area contributed by atoms with Crippen LogP contribution in [-0.2, 0) is 6.18 Å². The van der Waals surface area contributed by atoms with Crippen molar-refractivity contribution in [3.8, 4) is 17.3 Å². The van der Waals surface area contributed by atoms with Crippen LogP contribution in [0.4, 0.5) is 13.2 Å². The maximum atomic E-state index is 13.2. The molecule has 0 aliphatic heterocycles. The summed E-state index contributed by atoms with van der Waals surface area (Å²) in [5.41, 5.74) is -3.24. The minimum atomic E-state index is -4.70. The van der Waals surface area contributed by atoms with E-state index in [9.17, 15) is 18.0 Å². The summed E-state index contributed by atoms with van der Waals surface area (Å²) >= 11 is 6.91. The van der Waals surface area contributed by atoms with E-state index in [1.807, 2.05) is 0 Å². The lowest BCUT2D eigenvalue weighted by Crippen LogP contribution is -2.16. The highest BCUT2D eigenvalue weighted by Crippen LogP contribution is 2.40. The van der Waals surface area contributed by atoms with Gasteiger partial charge in [0.05, 0.1) is 16.3 Å². The average Bonchev–Trinajstić information content (AvgIpc) is 2.45. The number of nitrogens with zero attached hydrogens (tertiary/aromatic N) is 2. The molecule has 2 rings (SSSR count). The molecule has 22 heavy (non-hydrogen) atoms. The smallest absolute Gasteiger partial charge is 0.300 e. The zero-order chi connectivity index (χ0) is 16.5. The van der Waals surface area contributed by atoms with Crippen LogP contribution in [0.2, 0.25) is 5.02 Å². The molecule has 4 nitrogen and oxygen atoms in total. The molecule has 0 aliphatic carbocycles. The summed E-state index contributed by atoms with van der Waals surface area (Å²) in [5.74, 6) is 0. The van der Waals surface area contributed by atoms with Crippen LogP contribution in [0.5, 0.6) is 0 Å². The van der Waals surface area contributed by atoms with E-state index in [0.717, 1.165) is 23.9 Å². The van der Waals surface area contributed by atoms with Crippen LogP contribution in [0.3, 0.4) is 0 Å². The largest absolute Gasteiger partial charge is 0.417 e. The molecule has 1 aromatic carbocycles. The molecule has 0 atom stereocenters. The molecule has 0 fully saturated rings. The molecule has 0 radical (unpaired) electrons. The number of H-pyrrole nitrogens is 1. The van der Waals surface area contributed by atoms with Crippen molar-refractivity contribution < 1.29 is 13.2 Å². The molecule has 0 spiro atoms. The quantitative estimate of drug-likeness (QED) is 0.665. The van der Waals surface area contributed by atoms with Crippen molar-refractivity contribution in [1.29, 1.82) is 5.26 Å². The number of aromatic nitrogens is 2. The summed E-state index contributed by atoms with van der Waals surface area (Å²) in [6.45, 7) is 0. The highest BCUT2D eigenvalue weighted by Gasteiger charge is 2.36. The fraction of sp³-hybridized carbons (Fsp3) is 0.154. The normalized spacial score (nSPS) is 11.3. The van der Waals surface area contributed by atoms with Gasteiger partial charge in [-0.15, -0.1) is 0 Å². The number of alkyl halides is 3. The summed E-state index contributed by atoms with van der Waals surface area (Å²) in [5, 5.41) is 8.92. The second kappa shape index (κ2) is 6.02. The Hall–Kier alpha value is -1.98. The maximum Gasteiger partial charge on any atom is 0.417 e. The predicted molar refractivity (Wildman–Crippen MR) is 76.8 cm³/mol. The van der Waals surface area contributed by atoms with Crippen LogP contribution >= 0.6 is 23.4 Å². The van der Waals surface area contributed by atoms with Crippen molar-refractivity contribution in [3.05, 3.63) is 44.7 Å². The Morgan fingerprint density at radius 1 is 1.41 bits per heavy atom. The van der Waals surface area contributed by atoms with Gasteiger partial charge in [-0.25, -0.2) is 4.98 Å². The summed E-state index contributed by atoms with van der Waals surface area (Å²) in [6, 6.07) is 4.79. The number of nitrogens with one attached hydrogen (secondary N) is 1. The van der Waals surface area contributed by atoms with Gasteiger partial charge in [-0.2, -0.15) is 18.4 Å². The maximum absolute atomic E-state index is 13.2. The number of aromatic amines is 1. The molecule has 0 aliphatic rings. The van der Waals surface area contributed by atoms with Gasteiger partial charge in [-0.1, -0.05) is 29.4 Å². The number of hydrogen-bond acceptors (Lipinski definition) is 4. The van der Waals surface area contributed by atoms with Gasteiger partial charge >= 0.3 is 6.18 Å². The topological polar surface area (TPSA) is 69.5 Å². The lowest BCUT2D eigenvalue weighted by Gasteiger charge is -2.14. The van der Waals surface area contributed by atoms with Crippen LogP contribution in [-0.4, -0.2) is 16.2 Å². The molecule has 0 amide bonds. The lowest BCUT2D eigenvalue weighted by atomic mass is 10.0. The highest BCUT2D eigenvalue weighted by atomic mass is 35.5. The summed E-state index contributed by atoms with van der Waals surface area (Å²) < 4.78 is 39.5. The van der Waals surface area contributed by atoms with Crippen molar-refractivity contribution >= 4 is 23.4 Å². The molecule has 0 bridgehead atoms.